The second-order valence-corrected chi connectivity index (χ2v) is 8.16. The predicted molar refractivity (Wildman–Crippen MR) is 109 cm³/mol. The molecular formula is C23H26N2O3. The topological polar surface area (TPSA) is 66.5 Å². The molecule has 1 heterocycles. The summed E-state index contributed by atoms with van der Waals surface area (Å²) in [4.78, 5) is 38.3. The number of amides is 2. The Balaban J connectivity index is 1.62. The van der Waals surface area contributed by atoms with Crippen molar-refractivity contribution in [3.8, 4) is 0 Å². The quantitative estimate of drug-likeness (QED) is 0.638. The number of benzene rings is 2. The Morgan fingerprint density at radius 2 is 1.79 bits per heavy atom. The average Bonchev–Trinajstić information content (AvgIpc) is 3.11. The van der Waals surface area contributed by atoms with Crippen LogP contribution in [-0.2, 0) is 21.5 Å². The first-order valence-electron chi connectivity index (χ1n) is 9.58. The number of ketones is 1. The molecule has 0 unspecified atom stereocenters. The van der Waals surface area contributed by atoms with Gasteiger partial charge in [0.25, 0.3) is 5.91 Å². The molecule has 0 aromatic heterocycles. The van der Waals surface area contributed by atoms with E-state index in [-0.39, 0.29) is 17.9 Å². The SMILES string of the molecule is CC(C)(C)c1ccc(C(=O)C(=O)NCc2cccc(N3CCCC3=O)c2)cc1. The minimum Gasteiger partial charge on any atom is -0.345 e. The van der Waals surface area contributed by atoms with Gasteiger partial charge in [-0.1, -0.05) is 57.2 Å². The molecule has 3 rings (SSSR count). The molecule has 1 N–H and O–H groups in total. The monoisotopic (exact) mass is 378 g/mol. The molecule has 5 nitrogen and oxygen atoms in total. The van der Waals surface area contributed by atoms with Crippen molar-refractivity contribution in [1.82, 2.24) is 5.32 Å². The van der Waals surface area contributed by atoms with Gasteiger partial charge in [0.15, 0.2) is 0 Å². The molecule has 5 heteroatoms. The molecule has 1 aliphatic rings. The molecule has 0 aliphatic carbocycles. The highest BCUT2D eigenvalue weighted by molar-refractivity contribution is 6.42. The number of carbonyl (C=O) groups is 3. The zero-order valence-electron chi connectivity index (χ0n) is 16.6. The fraction of sp³-hybridized carbons (Fsp3) is 0.348. The van der Waals surface area contributed by atoms with Crippen molar-refractivity contribution in [2.75, 3.05) is 11.4 Å². The van der Waals surface area contributed by atoms with Crippen LogP contribution >= 0.6 is 0 Å². The second kappa shape index (κ2) is 7.97. The summed E-state index contributed by atoms with van der Waals surface area (Å²) >= 11 is 0. The summed E-state index contributed by atoms with van der Waals surface area (Å²) < 4.78 is 0. The molecule has 0 bridgehead atoms. The fourth-order valence-corrected chi connectivity index (χ4v) is 3.27. The van der Waals surface area contributed by atoms with Crippen LogP contribution in [0.1, 0.15) is 55.1 Å². The van der Waals surface area contributed by atoms with Crippen LogP contribution < -0.4 is 10.2 Å². The highest BCUT2D eigenvalue weighted by Crippen LogP contribution is 2.23. The number of rotatable bonds is 5. The minimum atomic E-state index is -0.633. The Morgan fingerprint density at radius 3 is 2.39 bits per heavy atom. The Morgan fingerprint density at radius 1 is 1.07 bits per heavy atom. The van der Waals surface area contributed by atoms with E-state index >= 15 is 0 Å². The van der Waals surface area contributed by atoms with Crippen LogP contribution in [0.25, 0.3) is 0 Å². The fourth-order valence-electron chi connectivity index (χ4n) is 3.27. The largest absolute Gasteiger partial charge is 0.345 e. The van der Waals surface area contributed by atoms with Crippen LogP contribution in [0.15, 0.2) is 48.5 Å². The van der Waals surface area contributed by atoms with Crippen molar-refractivity contribution in [2.45, 2.75) is 45.6 Å². The molecule has 0 radical (unpaired) electrons. The highest BCUT2D eigenvalue weighted by atomic mass is 16.2. The summed E-state index contributed by atoms with van der Waals surface area (Å²) in [5.74, 6) is -1.06. The van der Waals surface area contributed by atoms with Gasteiger partial charge in [-0.2, -0.15) is 0 Å². The maximum Gasteiger partial charge on any atom is 0.292 e. The summed E-state index contributed by atoms with van der Waals surface area (Å²) in [5, 5.41) is 2.68. The van der Waals surface area contributed by atoms with Crippen LogP contribution in [0.3, 0.4) is 0 Å². The molecule has 146 valence electrons. The first-order valence-corrected chi connectivity index (χ1v) is 9.58. The van der Waals surface area contributed by atoms with Gasteiger partial charge in [-0.15, -0.1) is 0 Å². The van der Waals surface area contributed by atoms with Gasteiger partial charge < -0.3 is 10.2 Å². The van der Waals surface area contributed by atoms with Gasteiger partial charge in [-0.3, -0.25) is 14.4 Å². The van der Waals surface area contributed by atoms with Gasteiger partial charge >= 0.3 is 0 Å². The van der Waals surface area contributed by atoms with E-state index in [1.165, 1.54) is 0 Å². The van der Waals surface area contributed by atoms with E-state index in [0.717, 1.165) is 29.8 Å². The molecule has 2 aromatic carbocycles. The number of nitrogens with one attached hydrogen (secondary N) is 1. The van der Waals surface area contributed by atoms with Crippen molar-refractivity contribution in [3.05, 3.63) is 65.2 Å². The second-order valence-electron chi connectivity index (χ2n) is 8.16. The van der Waals surface area contributed by atoms with Crippen LogP contribution in [0.5, 0.6) is 0 Å². The van der Waals surface area contributed by atoms with Crippen molar-refractivity contribution in [1.29, 1.82) is 0 Å². The van der Waals surface area contributed by atoms with Crippen molar-refractivity contribution in [3.63, 3.8) is 0 Å². The molecule has 2 aromatic rings. The molecule has 1 saturated heterocycles. The normalized spacial score (nSPS) is 14.2. The number of hydrogen-bond donors (Lipinski definition) is 1. The van der Waals surface area contributed by atoms with Gasteiger partial charge in [-0.05, 0) is 35.1 Å². The number of nitrogens with zero attached hydrogens (tertiary/aromatic N) is 1. The van der Waals surface area contributed by atoms with Crippen molar-refractivity contribution >= 4 is 23.3 Å². The Kier molecular flexibility index (Phi) is 5.63. The molecule has 0 atom stereocenters. The highest BCUT2D eigenvalue weighted by Gasteiger charge is 2.22. The lowest BCUT2D eigenvalue weighted by atomic mass is 9.86. The van der Waals surface area contributed by atoms with E-state index in [4.69, 9.17) is 0 Å². The summed E-state index contributed by atoms with van der Waals surface area (Å²) in [6, 6.07) is 14.7. The third-order valence-corrected chi connectivity index (χ3v) is 4.97. The first-order chi connectivity index (χ1) is 13.3. The molecule has 2 amide bonds. The number of carbonyl (C=O) groups excluding carboxylic acids is 3. The van der Waals surface area contributed by atoms with Crippen LogP contribution in [0.4, 0.5) is 5.69 Å². The lowest BCUT2D eigenvalue weighted by Gasteiger charge is -2.19. The zero-order chi connectivity index (χ0) is 20.3. The zero-order valence-corrected chi connectivity index (χ0v) is 16.6. The summed E-state index contributed by atoms with van der Waals surface area (Å²) in [7, 11) is 0. The van der Waals surface area contributed by atoms with E-state index in [0.29, 0.717) is 12.0 Å². The van der Waals surface area contributed by atoms with Crippen molar-refractivity contribution in [2.24, 2.45) is 0 Å². The molecular weight excluding hydrogens is 352 g/mol. The Bertz CT molecular complexity index is 895. The van der Waals surface area contributed by atoms with E-state index in [9.17, 15) is 14.4 Å². The van der Waals surface area contributed by atoms with Gasteiger partial charge in [0.2, 0.25) is 11.7 Å². The van der Waals surface area contributed by atoms with Gasteiger partial charge in [0, 0.05) is 30.8 Å². The molecule has 0 spiro atoms. The van der Waals surface area contributed by atoms with E-state index < -0.39 is 11.7 Å². The third-order valence-electron chi connectivity index (χ3n) is 4.97. The maximum absolute atomic E-state index is 12.4. The molecule has 1 aliphatic heterocycles. The number of anilines is 1. The maximum atomic E-state index is 12.4. The van der Waals surface area contributed by atoms with Crippen LogP contribution in [-0.4, -0.2) is 24.1 Å². The van der Waals surface area contributed by atoms with Crippen LogP contribution in [0, 0.1) is 0 Å². The third kappa shape index (κ3) is 4.47. The molecule has 0 saturated carbocycles. The number of hydrogen-bond acceptors (Lipinski definition) is 3. The smallest absolute Gasteiger partial charge is 0.292 e. The van der Waals surface area contributed by atoms with E-state index in [1.54, 1.807) is 17.0 Å². The van der Waals surface area contributed by atoms with E-state index in [1.807, 2.05) is 36.4 Å². The van der Waals surface area contributed by atoms with Crippen LogP contribution in [0.2, 0.25) is 0 Å². The molecule has 28 heavy (non-hydrogen) atoms. The Hall–Kier alpha value is -2.95. The summed E-state index contributed by atoms with van der Waals surface area (Å²) in [6.07, 6.45) is 1.44. The summed E-state index contributed by atoms with van der Waals surface area (Å²) in [6.45, 7) is 7.25. The van der Waals surface area contributed by atoms with Gasteiger partial charge in [0.05, 0.1) is 0 Å². The average molecular weight is 378 g/mol. The summed E-state index contributed by atoms with van der Waals surface area (Å²) in [5.41, 5.74) is 3.16. The van der Waals surface area contributed by atoms with Crippen molar-refractivity contribution < 1.29 is 14.4 Å². The first kappa shape index (κ1) is 19.8. The lowest BCUT2D eigenvalue weighted by molar-refractivity contribution is -0.117. The van der Waals surface area contributed by atoms with Gasteiger partial charge in [0.1, 0.15) is 0 Å². The molecule has 1 fully saturated rings. The van der Waals surface area contributed by atoms with E-state index in [2.05, 4.69) is 26.1 Å². The predicted octanol–water partition coefficient (Wildman–Crippen LogP) is 3.61. The minimum absolute atomic E-state index is 0.00836. The number of Topliss-reactive ketones (excluding diaryl/α,β-unsaturated/α-hetero) is 1. The standard InChI is InChI=1S/C23H26N2O3/c1-23(2,3)18-11-9-17(10-12-18)21(27)22(28)24-15-16-6-4-7-19(14-16)25-13-5-8-20(25)26/h4,6-7,9-12,14H,5,8,13,15H2,1-3H3,(H,24,28). The van der Waals surface area contributed by atoms with Gasteiger partial charge in [-0.25, -0.2) is 0 Å². The Labute approximate surface area is 165 Å². The lowest BCUT2D eigenvalue weighted by Crippen LogP contribution is -2.30.